The van der Waals surface area contributed by atoms with Gasteiger partial charge in [-0.25, -0.2) is 0 Å². The Morgan fingerprint density at radius 2 is 1.94 bits per heavy atom. The highest BCUT2D eigenvalue weighted by Gasteiger charge is 2.37. The molecule has 31 heavy (non-hydrogen) atoms. The minimum atomic E-state index is -0.418. The van der Waals surface area contributed by atoms with Gasteiger partial charge in [-0.1, -0.05) is 44.0 Å². The molecule has 3 heterocycles. The molecule has 2 atom stereocenters. The van der Waals surface area contributed by atoms with Crippen molar-refractivity contribution in [2.75, 3.05) is 5.32 Å². The Hall–Kier alpha value is -1.95. The average Bonchev–Trinajstić information content (AvgIpc) is 3.31. The van der Waals surface area contributed by atoms with Crippen molar-refractivity contribution in [2.45, 2.75) is 46.2 Å². The monoisotopic (exact) mass is 474 g/mol. The van der Waals surface area contributed by atoms with E-state index in [9.17, 15) is 4.79 Å². The second-order valence-electron chi connectivity index (χ2n) is 9.39. The van der Waals surface area contributed by atoms with Crippen LogP contribution in [-0.2, 0) is 12.8 Å². The fourth-order valence-electron chi connectivity index (χ4n) is 4.52. The van der Waals surface area contributed by atoms with Crippen molar-refractivity contribution in [2.24, 2.45) is 11.3 Å². The number of fused-ring (bicyclic) bond motifs is 3. The fourth-order valence-corrected chi connectivity index (χ4v) is 6.38. The molecule has 2 aromatic heterocycles. The van der Waals surface area contributed by atoms with E-state index in [1.807, 2.05) is 18.2 Å². The zero-order valence-corrected chi connectivity index (χ0v) is 20.0. The molecule has 162 valence electrons. The molecular weight excluding hydrogens is 451 g/mol. The largest absolute Gasteiger partial charge is 0.457 e. The topological polar surface area (TPSA) is 54.3 Å². The van der Waals surface area contributed by atoms with Gasteiger partial charge in [0.05, 0.1) is 10.6 Å². The van der Waals surface area contributed by atoms with E-state index in [-0.39, 0.29) is 11.3 Å². The zero-order valence-electron chi connectivity index (χ0n) is 17.6. The van der Waals surface area contributed by atoms with Gasteiger partial charge in [-0.05, 0) is 66.5 Å². The second-order valence-corrected chi connectivity index (χ2v) is 11.3. The highest BCUT2D eigenvalue weighted by atomic mass is 35.5. The first-order chi connectivity index (χ1) is 14.7. The van der Waals surface area contributed by atoms with E-state index in [4.69, 9.17) is 27.6 Å². The quantitative estimate of drug-likeness (QED) is 0.408. The van der Waals surface area contributed by atoms with Crippen LogP contribution in [-0.4, -0.2) is 5.91 Å². The number of anilines is 1. The molecule has 1 aliphatic carbocycles. The summed E-state index contributed by atoms with van der Waals surface area (Å²) in [5.74, 6) is 1.87. The number of carbonyl (C=O) groups is 1. The lowest BCUT2D eigenvalue weighted by Gasteiger charge is -2.34. The highest BCUT2D eigenvalue weighted by Crippen LogP contribution is 2.46. The third-order valence-electron chi connectivity index (χ3n) is 6.38. The van der Waals surface area contributed by atoms with Gasteiger partial charge >= 0.3 is 0 Å². The van der Waals surface area contributed by atoms with Gasteiger partial charge in [-0.3, -0.25) is 4.79 Å². The van der Waals surface area contributed by atoms with Gasteiger partial charge in [-0.15, -0.1) is 11.3 Å². The van der Waals surface area contributed by atoms with Crippen LogP contribution in [0.25, 0.3) is 11.3 Å². The number of benzene rings is 1. The van der Waals surface area contributed by atoms with Crippen molar-refractivity contribution in [1.29, 1.82) is 0 Å². The summed E-state index contributed by atoms with van der Waals surface area (Å²) in [7, 11) is 0. The number of hydrogen-bond acceptors (Lipinski definition) is 4. The summed E-state index contributed by atoms with van der Waals surface area (Å²) in [6.45, 7) is 6.91. The lowest BCUT2D eigenvalue weighted by atomic mass is 9.72. The summed E-state index contributed by atoms with van der Waals surface area (Å²) in [5, 5.41) is 8.58. The minimum Gasteiger partial charge on any atom is -0.457 e. The molecule has 5 rings (SSSR count). The third kappa shape index (κ3) is 3.77. The lowest BCUT2D eigenvalue weighted by molar-refractivity contribution is 0.0930. The maximum atomic E-state index is 13.0. The Bertz CT molecular complexity index is 1170. The summed E-state index contributed by atoms with van der Waals surface area (Å²) in [6.07, 6.45) is 2.71. The van der Waals surface area contributed by atoms with Crippen molar-refractivity contribution >= 4 is 45.4 Å². The Kier molecular flexibility index (Phi) is 5.11. The van der Waals surface area contributed by atoms with Crippen molar-refractivity contribution in [3.63, 3.8) is 0 Å². The molecule has 0 fully saturated rings. The fraction of sp³-hybridized carbons (Fsp3) is 0.375. The molecule has 0 bridgehead atoms. The standard InChI is InChI=1S/C24H24Cl2N2O2S/c1-24(2,3)12-4-6-15-19(10-12)31-23-20(15)22(29)27-21(28-23)18-9-8-17(30-18)14-7-5-13(25)11-16(14)26/h5,7-9,11-12,21,28H,4,6,10H2,1-3H3,(H,27,29)/t12-,21+/m0/s1. The molecular formula is C24H24Cl2N2O2S. The molecule has 0 saturated carbocycles. The van der Waals surface area contributed by atoms with Crippen molar-refractivity contribution in [3.05, 3.63) is 62.1 Å². The Morgan fingerprint density at radius 1 is 1.13 bits per heavy atom. The van der Waals surface area contributed by atoms with E-state index < -0.39 is 6.17 Å². The van der Waals surface area contributed by atoms with Crippen LogP contribution in [0.2, 0.25) is 10.0 Å². The first kappa shape index (κ1) is 20.9. The van der Waals surface area contributed by atoms with Crippen molar-refractivity contribution in [3.8, 4) is 11.3 Å². The van der Waals surface area contributed by atoms with Crippen LogP contribution in [0.5, 0.6) is 0 Å². The number of hydrogen-bond donors (Lipinski definition) is 2. The molecule has 3 aromatic rings. The SMILES string of the molecule is CC(C)(C)[C@H]1CCc2c(sc3c2C(=O)N[C@@H](c2ccc(-c4ccc(Cl)cc4Cl)o2)N3)C1. The first-order valence-electron chi connectivity index (χ1n) is 10.5. The van der Waals surface area contributed by atoms with Gasteiger partial charge in [0.15, 0.2) is 6.17 Å². The molecule has 7 heteroatoms. The van der Waals surface area contributed by atoms with E-state index in [1.165, 1.54) is 10.4 Å². The molecule has 1 amide bonds. The molecule has 2 N–H and O–H groups in total. The summed E-state index contributed by atoms with van der Waals surface area (Å²) in [6, 6.07) is 9.03. The van der Waals surface area contributed by atoms with Gasteiger partial charge in [0.25, 0.3) is 5.91 Å². The number of amides is 1. The maximum Gasteiger partial charge on any atom is 0.256 e. The average molecular weight is 475 g/mol. The van der Waals surface area contributed by atoms with E-state index >= 15 is 0 Å². The summed E-state index contributed by atoms with van der Waals surface area (Å²) < 4.78 is 6.06. The van der Waals surface area contributed by atoms with E-state index in [2.05, 4.69) is 31.4 Å². The van der Waals surface area contributed by atoms with Gasteiger partial charge in [-0.2, -0.15) is 0 Å². The molecule has 0 saturated heterocycles. The Labute approximate surface area is 195 Å². The third-order valence-corrected chi connectivity index (χ3v) is 8.11. The lowest BCUT2D eigenvalue weighted by Crippen LogP contribution is -2.38. The predicted octanol–water partition coefficient (Wildman–Crippen LogP) is 7.32. The smallest absolute Gasteiger partial charge is 0.256 e. The number of thiophene rings is 1. The van der Waals surface area contributed by atoms with Gasteiger partial charge in [0.1, 0.15) is 16.5 Å². The predicted molar refractivity (Wildman–Crippen MR) is 127 cm³/mol. The Morgan fingerprint density at radius 3 is 2.68 bits per heavy atom. The molecule has 2 aliphatic rings. The molecule has 0 radical (unpaired) electrons. The minimum absolute atomic E-state index is 0.0343. The molecule has 1 aromatic carbocycles. The number of carbonyl (C=O) groups excluding carboxylic acids is 1. The van der Waals surface area contributed by atoms with Crippen LogP contribution in [0.3, 0.4) is 0 Å². The van der Waals surface area contributed by atoms with Crippen LogP contribution in [0.15, 0.2) is 34.7 Å². The van der Waals surface area contributed by atoms with Crippen LogP contribution >= 0.6 is 34.5 Å². The highest BCUT2D eigenvalue weighted by molar-refractivity contribution is 7.16. The van der Waals surface area contributed by atoms with E-state index in [1.54, 1.807) is 23.5 Å². The number of halogens is 2. The second kappa shape index (κ2) is 7.58. The summed E-state index contributed by atoms with van der Waals surface area (Å²) in [5.41, 5.74) is 3.07. The molecule has 1 aliphatic heterocycles. The van der Waals surface area contributed by atoms with Gasteiger partial charge < -0.3 is 15.1 Å². The number of furan rings is 1. The van der Waals surface area contributed by atoms with Gasteiger partial charge in [0, 0.05) is 15.5 Å². The zero-order chi connectivity index (χ0) is 21.9. The summed E-state index contributed by atoms with van der Waals surface area (Å²) in [4.78, 5) is 14.4. The van der Waals surface area contributed by atoms with E-state index in [0.717, 1.165) is 35.4 Å². The van der Waals surface area contributed by atoms with E-state index in [0.29, 0.717) is 27.5 Å². The first-order valence-corrected chi connectivity index (χ1v) is 12.0. The van der Waals surface area contributed by atoms with Crippen LogP contribution < -0.4 is 10.6 Å². The number of nitrogens with one attached hydrogen (secondary N) is 2. The number of rotatable bonds is 2. The van der Waals surface area contributed by atoms with Crippen molar-refractivity contribution < 1.29 is 9.21 Å². The molecule has 0 spiro atoms. The van der Waals surface area contributed by atoms with Crippen LogP contribution in [0, 0.1) is 11.3 Å². The molecule has 4 nitrogen and oxygen atoms in total. The van der Waals surface area contributed by atoms with Crippen molar-refractivity contribution in [1.82, 2.24) is 5.32 Å². The summed E-state index contributed by atoms with van der Waals surface area (Å²) >= 11 is 14.0. The Balaban J connectivity index is 1.42. The normalized spacial score (nSPS) is 20.6. The van der Waals surface area contributed by atoms with Crippen LogP contribution in [0.1, 0.15) is 59.9 Å². The maximum absolute atomic E-state index is 13.0. The molecule has 0 unspecified atom stereocenters. The van der Waals surface area contributed by atoms with Gasteiger partial charge in [0.2, 0.25) is 0 Å². The van der Waals surface area contributed by atoms with Crippen LogP contribution in [0.4, 0.5) is 5.00 Å².